The number of carbonyl (C=O) groups is 1. The van der Waals surface area contributed by atoms with Gasteiger partial charge in [0.15, 0.2) is 0 Å². The molecule has 1 aliphatic carbocycles. The normalized spacial score (nSPS) is 19.6. The van der Waals surface area contributed by atoms with E-state index in [0.29, 0.717) is 6.61 Å². The Balaban J connectivity index is 1.75. The maximum absolute atomic E-state index is 11.2. The van der Waals surface area contributed by atoms with Gasteiger partial charge < -0.3 is 9.30 Å². The Hall–Kier alpha value is -2.10. The minimum absolute atomic E-state index is 0.0520. The predicted molar refractivity (Wildman–Crippen MR) is 89.4 cm³/mol. The molecule has 2 aromatic rings. The SMILES string of the molecule is CC(=O)OCC1(C)CCc2ccc(CCc3cncn3C)cc21. The van der Waals surface area contributed by atoms with Gasteiger partial charge in [0.25, 0.3) is 0 Å². The average Bonchev–Trinajstić information content (AvgIpc) is 3.08. The number of esters is 1. The molecule has 4 heteroatoms. The first-order valence-corrected chi connectivity index (χ1v) is 8.19. The van der Waals surface area contributed by atoms with Gasteiger partial charge in [0.05, 0.1) is 6.33 Å². The average molecular weight is 312 g/mol. The van der Waals surface area contributed by atoms with Crippen LogP contribution in [-0.2, 0) is 41.3 Å². The van der Waals surface area contributed by atoms with Crippen LogP contribution in [0.1, 0.15) is 42.7 Å². The van der Waals surface area contributed by atoms with Crippen molar-refractivity contribution in [3.05, 3.63) is 53.1 Å². The molecule has 1 unspecified atom stereocenters. The van der Waals surface area contributed by atoms with Crippen molar-refractivity contribution in [1.82, 2.24) is 9.55 Å². The lowest BCUT2D eigenvalue weighted by atomic mass is 9.84. The van der Waals surface area contributed by atoms with Gasteiger partial charge in [0, 0.05) is 31.3 Å². The maximum atomic E-state index is 11.2. The Kier molecular flexibility index (Phi) is 4.24. The molecular formula is C19H24N2O2. The van der Waals surface area contributed by atoms with E-state index in [4.69, 9.17) is 4.74 Å². The first-order chi connectivity index (χ1) is 11.0. The number of nitrogens with zero attached hydrogens (tertiary/aromatic N) is 2. The molecule has 1 atom stereocenters. The van der Waals surface area contributed by atoms with Crippen LogP contribution in [0.4, 0.5) is 0 Å². The number of carbonyl (C=O) groups excluding carboxylic acids is 1. The topological polar surface area (TPSA) is 44.1 Å². The van der Waals surface area contributed by atoms with Gasteiger partial charge in [-0.25, -0.2) is 4.98 Å². The maximum Gasteiger partial charge on any atom is 0.302 e. The molecule has 0 aliphatic heterocycles. The third kappa shape index (κ3) is 3.31. The lowest BCUT2D eigenvalue weighted by Crippen LogP contribution is -2.26. The Morgan fingerprint density at radius 1 is 1.39 bits per heavy atom. The van der Waals surface area contributed by atoms with Gasteiger partial charge in [0.1, 0.15) is 6.61 Å². The highest BCUT2D eigenvalue weighted by Crippen LogP contribution is 2.39. The number of hydrogen-bond donors (Lipinski definition) is 0. The summed E-state index contributed by atoms with van der Waals surface area (Å²) in [5.41, 5.74) is 5.27. The van der Waals surface area contributed by atoms with Crippen molar-refractivity contribution < 1.29 is 9.53 Å². The number of ether oxygens (including phenoxy) is 1. The number of fused-ring (bicyclic) bond motifs is 1. The number of hydrogen-bond acceptors (Lipinski definition) is 3. The fourth-order valence-corrected chi connectivity index (χ4v) is 3.41. The molecule has 0 radical (unpaired) electrons. The Morgan fingerprint density at radius 3 is 2.91 bits per heavy atom. The van der Waals surface area contributed by atoms with Gasteiger partial charge in [-0.3, -0.25) is 4.79 Å². The lowest BCUT2D eigenvalue weighted by Gasteiger charge is -2.25. The van der Waals surface area contributed by atoms with Crippen LogP contribution in [-0.4, -0.2) is 22.1 Å². The van der Waals surface area contributed by atoms with Crippen LogP contribution in [0.5, 0.6) is 0 Å². The molecule has 1 aliphatic rings. The quantitative estimate of drug-likeness (QED) is 0.797. The fourth-order valence-electron chi connectivity index (χ4n) is 3.41. The van der Waals surface area contributed by atoms with Crippen molar-refractivity contribution in [3.63, 3.8) is 0 Å². The highest BCUT2D eigenvalue weighted by Gasteiger charge is 2.35. The Labute approximate surface area is 137 Å². The van der Waals surface area contributed by atoms with Gasteiger partial charge in [-0.2, -0.15) is 0 Å². The third-order valence-corrected chi connectivity index (χ3v) is 4.95. The van der Waals surface area contributed by atoms with Crippen molar-refractivity contribution in [2.45, 2.75) is 44.9 Å². The molecule has 122 valence electrons. The van der Waals surface area contributed by atoms with Gasteiger partial charge in [-0.15, -0.1) is 0 Å². The van der Waals surface area contributed by atoms with Crippen LogP contribution < -0.4 is 0 Å². The number of imidazole rings is 1. The van der Waals surface area contributed by atoms with E-state index in [1.54, 1.807) is 0 Å². The molecule has 0 saturated heterocycles. The number of rotatable bonds is 5. The van der Waals surface area contributed by atoms with Crippen LogP contribution in [0.2, 0.25) is 0 Å². The van der Waals surface area contributed by atoms with E-state index in [-0.39, 0.29) is 11.4 Å². The highest BCUT2D eigenvalue weighted by atomic mass is 16.5. The van der Waals surface area contributed by atoms with Gasteiger partial charge >= 0.3 is 5.97 Å². The second-order valence-electron chi connectivity index (χ2n) is 6.83. The number of aromatic nitrogens is 2. The van der Waals surface area contributed by atoms with Crippen molar-refractivity contribution >= 4 is 5.97 Å². The summed E-state index contributed by atoms with van der Waals surface area (Å²) in [7, 11) is 2.03. The van der Waals surface area contributed by atoms with Crippen LogP contribution in [0, 0.1) is 0 Å². The first kappa shape index (κ1) is 15.8. The molecule has 0 fully saturated rings. The smallest absolute Gasteiger partial charge is 0.302 e. The number of aryl methyl sites for hydroxylation is 4. The number of benzene rings is 1. The predicted octanol–water partition coefficient (Wildman–Crippen LogP) is 2.97. The van der Waals surface area contributed by atoms with Gasteiger partial charge in [-0.05, 0) is 42.4 Å². The molecule has 3 rings (SSSR count). The monoisotopic (exact) mass is 312 g/mol. The Bertz CT molecular complexity index is 720. The summed E-state index contributed by atoms with van der Waals surface area (Å²) in [6, 6.07) is 6.78. The van der Waals surface area contributed by atoms with E-state index in [2.05, 4.69) is 34.7 Å². The Morgan fingerprint density at radius 2 is 2.22 bits per heavy atom. The second kappa shape index (κ2) is 6.19. The molecule has 0 saturated carbocycles. The molecule has 0 amide bonds. The summed E-state index contributed by atoms with van der Waals surface area (Å²) in [6.07, 6.45) is 7.86. The molecule has 1 aromatic heterocycles. The zero-order chi connectivity index (χ0) is 16.4. The summed E-state index contributed by atoms with van der Waals surface area (Å²) in [4.78, 5) is 15.3. The zero-order valence-corrected chi connectivity index (χ0v) is 14.1. The van der Waals surface area contributed by atoms with E-state index in [0.717, 1.165) is 25.7 Å². The summed E-state index contributed by atoms with van der Waals surface area (Å²) in [6.45, 7) is 4.15. The molecule has 0 spiro atoms. The molecule has 0 bridgehead atoms. The van der Waals surface area contributed by atoms with Crippen molar-refractivity contribution in [2.24, 2.45) is 7.05 Å². The molecule has 0 N–H and O–H groups in total. The van der Waals surface area contributed by atoms with Crippen LogP contribution in [0.15, 0.2) is 30.7 Å². The molecule has 4 nitrogen and oxygen atoms in total. The molecule has 1 aromatic carbocycles. The van der Waals surface area contributed by atoms with Crippen LogP contribution >= 0.6 is 0 Å². The van der Waals surface area contributed by atoms with E-state index >= 15 is 0 Å². The largest absolute Gasteiger partial charge is 0.465 e. The van der Waals surface area contributed by atoms with Crippen molar-refractivity contribution in [2.75, 3.05) is 6.61 Å². The van der Waals surface area contributed by atoms with E-state index in [1.807, 2.05) is 19.6 Å². The summed E-state index contributed by atoms with van der Waals surface area (Å²) in [5.74, 6) is -0.202. The second-order valence-corrected chi connectivity index (χ2v) is 6.83. The zero-order valence-electron chi connectivity index (χ0n) is 14.1. The van der Waals surface area contributed by atoms with Gasteiger partial charge in [-0.1, -0.05) is 25.1 Å². The summed E-state index contributed by atoms with van der Waals surface area (Å²) in [5, 5.41) is 0. The molecular weight excluding hydrogens is 288 g/mol. The minimum atomic E-state index is -0.202. The fraction of sp³-hybridized carbons (Fsp3) is 0.474. The summed E-state index contributed by atoms with van der Waals surface area (Å²) < 4.78 is 7.38. The lowest BCUT2D eigenvalue weighted by molar-refractivity contribution is -0.142. The highest BCUT2D eigenvalue weighted by molar-refractivity contribution is 5.66. The van der Waals surface area contributed by atoms with Crippen molar-refractivity contribution in [3.8, 4) is 0 Å². The van der Waals surface area contributed by atoms with Gasteiger partial charge in [0.2, 0.25) is 0 Å². The van der Waals surface area contributed by atoms with Crippen LogP contribution in [0.25, 0.3) is 0 Å². The minimum Gasteiger partial charge on any atom is -0.465 e. The van der Waals surface area contributed by atoms with E-state index in [1.165, 1.54) is 29.3 Å². The molecule has 23 heavy (non-hydrogen) atoms. The standard InChI is InChI=1S/C19H24N2O2/c1-14(22)23-12-19(2)9-8-16-6-4-15(10-18(16)19)5-7-17-11-20-13-21(17)3/h4,6,10-11,13H,5,7-9,12H2,1-3H3. The molecule has 1 heterocycles. The van der Waals surface area contributed by atoms with E-state index < -0.39 is 0 Å². The summed E-state index contributed by atoms with van der Waals surface area (Å²) >= 11 is 0. The van der Waals surface area contributed by atoms with Crippen LogP contribution in [0.3, 0.4) is 0 Å². The van der Waals surface area contributed by atoms with E-state index in [9.17, 15) is 4.79 Å². The first-order valence-electron chi connectivity index (χ1n) is 8.19. The van der Waals surface area contributed by atoms with Crippen molar-refractivity contribution in [1.29, 1.82) is 0 Å². The third-order valence-electron chi connectivity index (χ3n) is 4.95.